The molecule has 67 heavy (non-hydrogen) atoms. The Morgan fingerprint density at radius 1 is 0.701 bits per heavy atom. The van der Waals surface area contributed by atoms with E-state index in [2.05, 4.69) is 81.5 Å². The summed E-state index contributed by atoms with van der Waals surface area (Å²) in [4.78, 5) is 68.1. The maximum atomic E-state index is 11.5. The van der Waals surface area contributed by atoms with Crippen molar-refractivity contribution >= 4 is 81.2 Å². The number of nitrogens with zero attached hydrogens (tertiary/aromatic N) is 10. The molecule has 0 spiro atoms. The molecular weight excluding hydrogens is 959 g/mol. The molecule has 27 heteroatoms. The van der Waals surface area contributed by atoms with E-state index < -0.39 is 19.1 Å². The van der Waals surface area contributed by atoms with Crippen LogP contribution in [0.4, 0.5) is 27.0 Å². The van der Waals surface area contributed by atoms with Gasteiger partial charge in [-0.3, -0.25) is 15.4 Å². The molecule has 7 aromatic heterocycles. The second kappa shape index (κ2) is 28.9. The van der Waals surface area contributed by atoms with Crippen LogP contribution in [0.1, 0.15) is 13.8 Å². The zero-order valence-corrected chi connectivity index (χ0v) is 39.0. The van der Waals surface area contributed by atoms with E-state index in [0.29, 0.717) is 48.2 Å². The number of aromatic nitrogens is 10. The summed E-state index contributed by atoms with van der Waals surface area (Å²) in [5.74, 6) is 0.811. The number of carbonyl (C=O) groups excluding carboxylic acids is 3. The second-order valence-electron chi connectivity index (χ2n) is 12.5. The third kappa shape index (κ3) is 19.5. The van der Waals surface area contributed by atoms with E-state index in [1.165, 1.54) is 33.7 Å². The normalized spacial score (nSPS) is 9.75. The highest BCUT2D eigenvalue weighted by Gasteiger charge is 2.12. The first-order chi connectivity index (χ1) is 32.2. The summed E-state index contributed by atoms with van der Waals surface area (Å²) in [5.41, 5.74) is 15.4. The Kier molecular flexibility index (Phi) is 23.1. The van der Waals surface area contributed by atoms with Crippen molar-refractivity contribution in [2.75, 3.05) is 57.1 Å². The van der Waals surface area contributed by atoms with Crippen LogP contribution in [0.25, 0.3) is 27.9 Å². The van der Waals surface area contributed by atoms with E-state index in [-0.39, 0.29) is 23.4 Å². The van der Waals surface area contributed by atoms with Crippen LogP contribution in [0.2, 0.25) is 0 Å². The molecule has 0 bridgehead atoms. The largest absolute Gasteiger partial charge is 0.491 e. The summed E-state index contributed by atoms with van der Waals surface area (Å²) in [6.07, 6.45) is 16.2. The molecule has 0 saturated carbocycles. The first kappa shape index (κ1) is 53.5. The Balaban J connectivity index is 0.000000236. The fourth-order valence-electron chi connectivity index (χ4n) is 4.66. The molecular formula is C40H47BBrClN16O8. The van der Waals surface area contributed by atoms with E-state index in [0.717, 1.165) is 26.7 Å². The third-order valence-electron chi connectivity index (χ3n) is 7.69. The van der Waals surface area contributed by atoms with Gasteiger partial charge in [0.15, 0.2) is 5.82 Å². The van der Waals surface area contributed by atoms with Gasteiger partial charge in [0, 0.05) is 89.9 Å². The maximum absolute atomic E-state index is 11.5. The first-order valence-electron chi connectivity index (χ1n) is 19.4. The number of hydrogen-bond acceptors (Lipinski definition) is 19. The van der Waals surface area contributed by atoms with Crippen LogP contribution in [0.15, 0.2) is 103 Å². The number of alkyl halides is 1. The van der Waals surface area contributed by atoms with Gasteiger partial charge in [0.05, 0.1) is 27.5 Å². The topological polar surface area (TPSA) is 340 Å². The number of urea groups is 2. The SMILES string of the molecule is CCNC(=O)NC(=O)CCl.CCNC(=O)Nc1cn2ccc(-c3cnc(OC)nc3)cc2n1.COc1ncc(-c2ccnc(N)c2)cn1.COc1ncc(B(O)O)cn1.Nc1cc(Br)ccn1. The van der Waals surface area contributed by atoms with E-state index in [1.807, 2.05) is 47.1 Å². The fraction of sp³-hybridized carbons (Fsp3) is 0.200. The molecule has 7 heterocycles. The first-order valence-corrected chi connectivity index (χ1v) is 20.8. The van der Waals surface area contributed by atoms with Crippen LogP contribution in [-0.4, -0.2) is 125 Å². The number of imidazole rings is 1. The average Bonchev–Trinajstić information content (AvgIpc) is 3.74. The number of anilines is 3. The minimum absolute atomic E-state index is 0.197. The fourth-order valence-corrected chi connectivity index (χ4v) is 5.08. The van der Waals surface area contributed by atoms with Crippen LogP contribution >= 0.6 is 27.5 Å². The van der Waals surface area contributed by atoms with E-state index in [1.54, 1.807) is 62.4 Å². The summed E-state index contributed by atoms with van der Waals surface area (Å²) in [7, 11) is 2.96. The number of hydrogen-bond donors (Lipinski definition) is 8. The Morgan fingerprint density at radius 2 is 1.19 bits per heavy atom. The molecule has 7 aromatic rings. The number of rotatable bonds is 10. The van der Waals surface area contributed by atoms with E-state index in [4.69, 9.17) is 42.6 Å². The smallest absolute Gasteiger partial charge is 0.467 e. The molecule has 0 aromatic carbocycles. The predicted octanol–water partition coefficient (Wildman–Crippen LogP) is 2.73. The number of imide groups is 1. The average molecular weight is 1010 g/mol. The molecule has 0 saturated heterocycles. The number of nitrogens with one attached hydrogen (secondary N) is 4. The molecule has 0 unspecified atom stereocenters. The lowest BCUT2D eigenvalue weighted by Crippen LogP contribution is -2.39. The number of nitrogen functional groups attached to an aromatic ring is 2. The van der Waals surface area contributed by atoms with Crippen LogP contribution < -0.4 is 52.4 Å². The molecule has 0 aliphatic heterocycles. The Bertz CT molecular complexity index is 2580. The minimum Gasteiger partial charge on any atom is -0.467 e. The van der Waals surface area contributed by atoms with Gasteiger partial charge >= 0.3 is 37.2 Å². The molecule has 10 N–H and O–H groups in total. The molecule has 5 amide bonds. The number of pyridine rings is 3. The summed E-state index contributed by atoms with van der Waals surface area (Å²) < 4.78 is 17.3. The molecule has 0 aliphatic rings. The second-order valence-corrected chi connectivity index (χ2v) is 13.7. The van der Waals surface area contributed by atoms with Crippen LogP contribution in [0.3, 0.4) is 0 Å². The van der Waals surface area contributed by atoms with Gasteiger partial charge in [-0.15, -0.1) is 11.6 Å². The molecule has 7 rings (SSSR count). The van der Waals surface area contributed by atoms with Crippen molar-refractivity contribution in [1.82, 2.24) is 65.2 Å². The Morgan fingerprint density at radius 3 is 1.64 bits per heavy atom. The minimum atomic E-state index is -1.53. The van der Waals surface area contributed by atoms with Gasteiger partial charge in [0.2, 0.25) is 5.91 Å². The lowest BCUT2D eigenvalue weighted by molar-refractivity contribution is -0.117. The van der Waals surface area contributed by atoms with Crippen molar-refractivity contribution in [3.8, 4) is 40.3 Å². The standard InChI is InChI=1S/C15H16N6O2.C10H10N4O.C5H7BN2O3.C5H5BrN2.C5H9ClN2O2/c1-3-16-14(22)20-12-9-21-5-4-10(6-13(21)19-12)11-7-17-15(23-2)18-8-11;1-15-10-13-5-8(6-14-10)7-2-3-12-9(11)4-7;1-11-5-7-2-4(3-8-5)6(9)10;6-4-1-2-8-5(7)3-4;1-2-7-5(10)8-4(9)3-6/h4-9H,3H2,1-2H3,(H2,16,20,22);2-6H,1H3,(H2,11,12);2-3,9-10H,1H3;1-3H,(H2,7,8);2-3H2,1H3,(H2,7,8,9,10). The van der Waals surface area contributed by atoms with E-state index >= 15 is 0 Å². The van der Waals surface area contributed by atoms with Crippen molar-refractivity contribution in [3.05, 3.63) is 103 Å². The maximum Gasteiger partial charge on any atom is 0.491 e. The van der Waals surface area contributed by atoms with Crippen LogP contribution in [0, 0.1) is 0 Å². The van der Waals surface area contributed by atoms with Gasteiger partial charge in [-0.05, 0) is 61.4 Å². The number of carbonyl (C=O) groups is 3. The number of amides is 5. The number of halogens is 2. The van der Waals surface area contributed by atoms with Gasteiger partial charge < -0.3 is 50.8 Å². The zero-order chi connectivity index (χ0) is 49.1. The summed E-state index contributed by atoms with van der Waals surface area (Å²) >= 11 is 8.35. The molecule has 352 valence electrons. The van der Waals surface area contributed by atoms with Crippen LogP contribution in [-0.2, 0) is 4.79 Å². The number of nitrogens with two attached hydrogens (primary N) is 2. The van der Waals surface area contributed by atoms with Gasteiger partial charge in [-0.2, -0.15) is 0 Å². The van der Waals surface area contributed by atoms with Crippen molar-refractivity contribution < 1.29 is 38.6 Å². The van der Waals surface area contributed by atoms with Gasteiger partial charge in [0.25, 0.3) is 0 Å². The van der Waals surface area contributed by atoms with Gasteiger partial charge in [-0.1, -0.05) is 15.9 Å². The monoisotopic (exact) mass is 1000 g/mol. The van der Waals surface area contributed by atoms with Crippen molar-refractivity contribution in [3.63, 3.8) is 0 Å². The highest BCUT2D eigenvalue weighted by molar-refractivity contribution is 9.10. The number of ether oxygens (including phenoxy) is 3. The summed E-state index contributed by atoms with van der Waals surface area (Å²) in [6, 6.07) is 11.1. The Labute approximate surface area is 397 Å². The summed E-state index contributed by atoms with van der Waals surface area (Å²) in [6.45, 7) is 4.65. The van der Waals surface area contributed by atoms with Gasteiger partial charge in [-0.25, -0.2) is 54.4 Å². The lowest BCUT2D eigenvalue weighted by atomic mass is 9.83. The Hall–Kier alpha value is -7.81. The van der Waals surface area contributed by atoms with Crippen molar-refractivity contribution in [2.24, 2.45) is 0 Å². The van der Waals surface area contributed by atoms with Crippen molar-refractivity contribution in [2.45, 2.75) is 13.8 Å². The molecule has 24 nitrogen and oxygen atoms in total. The molecule has 0 atom stereocenters. The molecule has 0 aliphatic carbocycles. The highest BCUT2D eigenvalue weighted by atomic mass is 79.9. The number of fused-ring (bicyclic) bond motifs is 1. The highest BCUT2D eigenvalue weighted by Crippen LogP contribution is 2.22. The quantitative estimate of drug-likeness (QED) is 0.0721. The molecule has 0 fully saturated rings. The van der Waals surface area contributed by atoms with E-state index in [9.17, 15) is 14.4 Å². The zero-order valence-electron chi connectivity index (χ0n) is 36.7. The van der Waals surface area contributed by atoms with Crippen LogP contribution in [0.5, 0.6) is 18.0 Å². The number of methoxy groups -OCH3 is 3. The van der Waals surface area contributed by atoms with Crippen molar-refractivity contribution in [1.29, 1.82) is 0 Å². The summed E-state index contributed by atoms with van der Waals surface area (Å²) in [5, 5.41) is 27.0. The molecule has 0 radical (unpaired) electrons. The van der Waals surface area contributed by atoms with Gasteiger partial charge in [0.1, 0.15) is 23.2 Å². The predicted molar refractivity (Wildman–Crippen MR) is 254 cm³/mol. The lowest BCUT2D eigenvalue weighted by Gasteiger charge is -2.02. The third-order valence-corrected chi connectivity index (χ3v) is 8.43.